The van der Waals surface area contributed by atoms with Crippen LogP contribution in [0, 0.1) is 0 Å². The van der Waals surface area contributed by atoms with Gasteiger partial charge in [-0.15, -0.1) is 0 Å². The average Bonchev–Trinajstić information content (AvgIpc) is 2.75. The highest BCUT2D eigenvalue weighted by molar-refractivity contribution is 7.92. The van der Waals surface area contributed by atoms with E-state index in [4.69, 9.17) is 21.1 Å². The predicted molar refractivity (Wildman–Crippen MR) is 121 cm³/mol. The number of carbonyl (C=O) groups excluding carboxylic acids is 1. The van der Waals surface area contributed by atoms with Crippen LogP contribution in [0.1, 0.15) is 0 Å². The van der Waals surface area contributed by atoms with Crippen LogP contribution in [0.2, 0.25) is 5.02 Å². The summed E-state index contributed by atoms with van der Waals surface area (Å²) >= 11 is 5.99. The topological polar surface area (TPSA) is 84.9 Å². The molecule has 0 aromatic heterocycles. The lowest BCUT2D eigenvalue weighted by molar-refractivity contribution is -0.127. The quantitative estimate of drug-likeness (QED) is 0.571. The van der Waals surface area contributed by atoms with Gasteiger partial charge in [0.15, 0.2) is 6.10 Å². The van der Waals surface area contributed by atoms with E-state index in [0.717, 1.165) is 27.1 Å². The normalized spacial score (nSPS) is 15.8. The second kappa shape index (κ2) is 8.64. The minimum absolute atomic E-state index is 0.137. The molecule has 3 aromatic carbocycles. The Kier molecular flexibility index (Phi) is 5.93. The third-order valence-electron chi connectivity index (χ3n) is 4.89. The molecule has 9 heteroatoms. The molecule has 4 rings (SSSR count). The molecule has 0 bridgehead atoms. The zero-order valence-electron chi connectivity index (χ0n) is 16.7. The van der Waals surface area contributed by atoms with E-state index in [1.165, 1.54) is 6.07 Å². The van der Waals surface area contributed by atoms with Crippen LogP contribution in [0.3, 0.4) is 0 Å². The van der Waals surface area contributed by atoms with Crippen LogP contribution in [-0.2, 0) is 14.8 Å². The molecule has 7 nitrogen and oxygen atoms in total. The van der Waals surface area contributed by atoms with Crippen molar-refractivity contribution >= 4 is 44.0 Å². The van der Waals surface area contributed by atoms with E-state index in [-0.39, 0.29) is 25.4 Å². The van der Waals surface area contributed by atoms with E-state index in [9.17, 15) is 13.2 Å². The number of hydrogen-bond donors (Lipinski definition) is 1. The summed E-state index contributed by atoms with van der Waals surface area (Å²) in [6.45, 7) is 0.366. The van der Waals surface area contributed by atoms with Crippen molar-refractivity contribution in [2.75, 3.05) is 30.3 Å². The van der Waals surface area contributed by atoms with Crippen molar-refractivity contribution in [3.63, 3.8) is 0 Å². The highest BCUT2D eigenvalue weighted by Crippen LogP contribution is 2.37. The van der Waals surface area contributed by atoms with Gasteiger partial charge >= 0.3 is 0 Å². The zero-order chi connectivity index (χ0) is 22.0. The summed E-state index contributed by atoms with van der Waals surface area (Å²) in [6, 6.07) is 18.3. The summed E-state index contributed by atoms with van der Waals surface area (Å²) < 4.78 is 37.1. The lowest BCUT2D eigenvalue weighted by Crippen LogP contribution is -2.51. The number of carbonyl (C=O) groups is 1. The van der Waals surface area contributed by atoms with Crippen molar-refractivity contribution in [1.29, 1.82) is 0 Å². The first-order chi connectivity index (χ1) is 14.8. The third kappa shape index (κ3) is 4.70. The van der Waals surface area contributed by atoms with Gasteiger partial charge in [-0.05, 0) is 29.7 Å². The molecule has 1 aliphatic heterocycles. The minimum Gasteiger partial charge on any atom is -0.491 e. The van der Waals surface area contributed by atoms with Gasteiger partial charge in [0, 0.05) is 10.4 Å². The highest BCUT2D eigenvalue weighted by atomic mass is 35.5. The van der Waals surface area contributed by atoms with E-state index in [1.54, 1.807) is 12.1 Å². The highest BCUT2D eigenvalue weighted by Gasteiger charge is 2.35. The summed E-state index contributed by atoms with van der Waals surface area (Å²) in [5, 5.41) is 5.19. The number of anilines is 1. The summed E-state index contributed by atoms with van der Waals surface area (Å²) in [6.07, 6.45) is 0.0941. The molecule has 0 saturated carbocycles. The van der Waals surface area contributed by atoms with Crippen molar-refractivity contribution in [3.05, 3.63) is 65.7 Å². The molecule has 0 radical (unpaired) electrons. The van der Waals surface area contributed by atoms with Gasteiger partial charge in [-0.25, -0.2) is 8.42 Å². The fraction of sp³-hybridized carbons (Fsp3) is 0.227. The first-order valence-electron chi connectivity index (χ1n) is 9.65. The minimum atomic E-state index is -3.61. The Morgan fingerprint density at radius 3 is 2.77 bits per heavy atom. The standard InChI is InChI=1S/C22H21ClN2O5S/c1-31(27,28)25-14-21(30-20-10-9-16(23)13-18(20)25)22(26)24-11-12-29-19-8-4-6-15-5-2-3-7-17(15)19/h2-10,13,21H,11-12,14H2,1H3,(H,24,26)/t21-/m1/s1. The fourth-order valence-corrected chi connectivity index (χ4v) is 4.52. The number of nitrogens with zero attached hydrogens (tertiary/aromatic N) is 1. The van der Waals surface area contributed by atoms with E-state index in [1.807, 2.05) is 42.5 Å². The summed E-state index contributed by atoms with van der Waals surface area (Å²) in [5.41, 5.74) is 0.318. The van der Waals surface area contributed by atoms with Crippen molar-refractivity contribution in [1.82, 2.24) is 5.32 Å². The first-order valence-corrected chi connectivity index (χ1v) is 11.9. The molecule has 162 valence electrons. The number of hydrogen-bond acceptors (Lipinski definition) is 5. The average molecular weight is 461 g/mol. The fourth-order valence-electron chi connectivity index (χ4n) is 3.45. The van der Waals surface area contributed by atoms with Crippen molar-refractivity contribution in [2.45, 2.75) is 6.10 Å². The zero-order valence-corrected chi connectivity index (χ0v) is 18.3. The molecule has 0 unspecified atom stereocenters. The second-order valence-electron chi connectivity index (χ2n) is 7.13. The van der Waals surface area contributed by atoms with Gasteiger partial charge < -0.3 is 14.8 Å². The van der Waals surface area contributed by atoms with Gasteiger partial charge in [-0.1, -0.05) is 48.0 Å². The van der Waals surface area contributed by atoms with Crippen LogP contribution in [0.4, 0.5) is 5.69 Å². The molecule has 1 N–H and O–H groups in total. The Labute approximate surface area is 185 Å². The molecule has 0 fully saturated rings. The number of benzene rings is 3. The van der Waals surface area contributed by atoms with Crippen LogP contribution in [0.15, 0.2) is 60.7 Å². The summed E-state index contributed by atoms with van der Waals surface area (Å²) in [4.78, 5) is 12.6. The molecule has 0 spiro atoms. The maximum absolute atomic E-state index is 12.6. The SMILES string of the molecule is CS(=O)(=O)N1C[C@H](C(=O)NCCOc2cccc3ccccc23)Oc2ccc(Cl)cc21. The molecule has 0 saturated heterocycles. The molecule has 0 aliphatic carbocycles. The monoisotopic (exact) mass is 460 g/mol. The Morgan fingerprint density at radius 1 is 1.19 bits per heavy atom. The van der Waals surface area contributed by atoms with E-state index >= 15 is 0 Å². The number of nitrogens with one attached hydrogen (secondary N) is 1. The van der Waals surface area contributed by atoms with Crippen LogP contribution < -0.4 is 19.1 Å². The van der Waals surface area contributed by atoms with Gasteiger partial charge in [0.2, 0.25) is 10.0 Å². The molecule has 1 aliphatic rings. The molecular weight excluding hydrogens is 440 g/mol. The van der Waals surface area contributed by atoms with Gasteiger partial charge in [-0.2, -0.15) is 0 Å². The van der Waals surface area contributed by atoms with Gasteiger partial charge in [-0.3, -0.25) is 9.10 Å². The van der Waals surface area contributed by atoms with Crippen LogP contribution in [0.25, 0.3) is 10.8 Å². The number of halogens is 1. The van der Waals surface area contributed by atoms with Crippen molar-refractivity contribution in [3.8, 4) is 11.5 Å². The van der Waals surface area contributed by atoms with E-state index < -0.39 is 22.0 Å². The second-order valence-corrected chi connectivity index (χ2v) is 9.47. The number of amides is 1. The third-order valence-corrected chi connectivity index (χ3v) is 6.27. The van der Waals surface area contributed by atoms with Gasteiger partial charge in [0.05, 0.1) is 25.0 Å². The molecular formula is C22H21ClN2O5S. The maximum atomic E-state index is 12.6. The van der Waals surface area contributed by atoms with Crippen molar-refractivity contribution < 1.29 is 22.7 Å². The van der Waals surface area contributed by atoms with Crippen molar-refractivity contribution in [2.24, 2.45) is 0 Å². The Balaban J connectivity index is 1.39. The lowest BCUT2D eigenvalue weighted by Gasteiger charge is -2.34. The largest absolute Gasteiger partial charge is 0.491 e. The van der Waals surface area contributed by atoms with Crippen LogP contribution in [-0.4, -0.2) is 46.4 Å². The smallest absolute Gasteiger partial charge is 0.263 e. The van der Waals surface area contributed by atoms with E-state index in [2.05, 4.69) is 5.32 Å². The number of rotatable bonds is 6. The van der Waals surface area contributed by atoms with E-state index in [0.29, 0.717) is 10.7 Å². The number of sulfonamides is 1. The number of ether oxygens (including phenoxy) is 2. The molecule has 3 aromatic rings. The van der Waals surface area contributed by atoms with Gasteiger partial charge in [0.25, 0.3) is 5.91 Å². The predicted octanol–water partition coefficient (Wildman–Crippen LogP) is 3.22. The maximum Gasteiger partial charge on any atom is 0.263 e. The van der Waals surface area contributed by atoms with Crippen LogP contribution in [0.5, 0.6) is 11.5 Å². The Bertz CT molecular complexity index is 1230. The Hall–Kier alpha value is -2.97. The first kappa shape index (κ1) is 21.3. The molecule has 31 heavy (non-hydrogen) atoms. The van der Waals surface area contributed by atoms with Gasteiger partial charge in [0.1, 0.15) is 18.1 Å². The molecule has 1 heterocycles. The number of fused-ring (bicyclic) bond motifs is 2. The van der Waals surface area contributed by atoms with Crippen LogP contribution >= 0.6 is 11.6 Å². The summed E-state index contributed by atoms with van der Waals surface area (Å²) in [7, 11) is -3.61. The summed E-state index contributed by atoms with van der Waals surface area (Å²) in [5.74, 6) is 0.597. The molecule has 1 atom stereocenters. The Morgan fingerprint density at radius 2 is 1.97 bits per heavy atom. The lowest BCUT2D eigenvalue weighted by atomic mass is 10.1. The molecule has 1 amide bonds.